The maximum absolute atomic E-state index is 11.3. The van der Waals surface area contributed by atoms with Gasteiger partial charge in [0.25, 0.3) is 0 Å². The largest absolute Gasteiger partial charge is 0.464 e. The lowest BCUT2D eigenvalue weighted by Crippen LogP contribution is -2.35. The van der Waals surface area contributed by atoms with E-state index in [2.05, 4.69) is 20.0 Å². The van der Waals surface area contributed by atoms with Gasteiger partial charge in [0.2, 0.25) is 0 Å². The maximum Gasteiger partial charge on any atom is 0.358 e. The van der Waals surface area contributed by atoms with Gasteiger partial charge in [-0.2, -0.15) is 0 Å². The normalized spacial score (nSPS) is 23.4. The third kappa shape index (κ3) is 2.71. The first-order chi connectivity index (χ1) is 8.20. The van der Waals surface area contributed by atoms with Crippen LogP contribution in [-0.4, -0.2) is 35.1 Å². The van der Waals surface area contributed by atoms with Gasteiger partial charge in [-0.25, -0.2) is 9.78 Å². The number of nitrogens with one attached hydrogen (secondary N) is 1. The fraction of sp³-hybridized carbons (Fsp3) is 0.545. The zero-order valence-corrected chi connectivity index (χ0v) is 9.72. The molecule has 0 aliphatic heterocycles. The number of hydrogen-bond acceptors (Lipinski definition) is 6. The van der Waals surface area contributed by atoms with Gasteiger partial charge in [-0.05, 0) is 19.3 Å². The summed E-state index contributed by atoms with van der Waals surface area (Å²) in [6, 6.07) is 0.343. The van der Waals surface area contributed by atoms with Crippen LogP contribution in [0.1, 0.15) is 29.8 Å². The molecule has 0 saturated heterocycles. The molecule has 1 fully saturated rings. The van der Waals surface area contributed by atoms with Crippen LogP contribution in [0.4, 0.5) is 5.82 Å². The topological polar surface area (TPSA) is 90.1 Å². The Labute approximate surface area is 99.6 Å². The monoisotopic (exact) mass is 236 g/mol. The molecule has 0 bridgehead atoms. The van der Waals surface area contributed by atoms with Crippen LogP contribution in [0.15, 0.2) is 12.4 Å². The van der Waals surface area contributed by atoms with Gasteiger partial charge in [0.05, 0.1) is 19.5 Å². The average molecular weight is 236 g/mol. The smallest absolute Gasteiger partial charge is 0.358 e. The van der Waals surface area contributed by atoms with E-state index in [0.29, 0.717) is 5.82 Å². The maximum atomic E-state index is 11.3. The lowest BCUT2D eigenvalue weighted by atomic mass is 10.2. The van der Waals surface area contributed by atoms with E-state index in [1.807, 2.05) is 0 Å². The summed E-state index contributed by atoms with van der Waals surface area (Å²) in [5.74, 6) is 0.0760. The molecule has 1 aliphatic carbocycles. The Hall–Kier alpha value is -1.69. The Kier molecular flexibility index (Phi) is 3.53. The number of aromatic nitrogens is 2. The standard InChI is InChI=1S/C11H16N4O2/c1-17-11(16)9-5-13-6-10(15-9)14-8-4-2-3-7(8)12/h5-8H,2-4,12H2,1H3,(H,14,15). The van der Waals surface area contributed by atoms with Crippen LogP contribution >= 0.6 is 0 Å². The van der Waals surface area contributed by atoms with E-state index in [1.54, 1.807) is 6.20 Å². The molecule has 1 aliphatic rings. The molecule has 6 nitrogen and oxygen atoms in total. The van der Waals surface area contributed by atoms with Crippen molar-refractivity contribution in [1.82, 2.24) is 9.97 Å². The highest BCUT2D eigenvalue weighted by Gasteiger charge is 2.24. The first-order valence-electron chi connectivity index (χ1n) is 5.63. The fourth-order valence-corrected chi connectivity index (χ4v) is 2.00. The number of rotatable bonds is 3. The quantitative estimate of drug-likeness (QED) is 0.745. The number of methoxy groups -OCH3 is 1. The molecule has 2 atom stereocenters. The van der Waals surface area contributed by atoms with E-state index in [1.165, 1.54) is 13.3 Å². The Balaban J connectivity index is 2.08. The van der Waals surface area contributed by atoms with E-state index in [4.69, 9.17) is 5.73 Å². The Morgan fingerprint density at radius 1 is 1.53 bits per heavy atom. The van der Waals surface area contributed by atoms with Crippen LogP contribution in [-0.2, 0) is 4.74 Å². The van der Waals surface area contributed by atoms with E-state index < -0.39 is 5.97 Å². The Bertz CT molecular complexity index is 410. The van der Waals surface area contributed by atoms with Crippen molar-refractivity contribution in [2.45, 2.75) is 31.3 Å². The number of hydrogen-bond donors (Lipinski definition) is 2. The minimum atomic E-state index is -0.489. The summed E-state index contributed by atoms with van der Waals surface area (Å²) in [4.78, 5) is 19.4. The predicted molar refractivity (Wildman–Crippen MR) is 62.6 cm³/mol. The van der Waals surface area contributed by atoms with Crippen LogP contribution in [0.25, 0.3) is 0 Å². The molecule has 0 amide bonds. The molecule has 2 rings (SSSR count). The van der Waals surface area contributed by atoms with E-state index in [-0.39, 0.29) is 17.8 Å². The number of nitrogens with zero attached hydrogens (tertiary/aromatic N) is 2. The molecular formula is C11H16N4O2. The van der Waals surface area contributed by atoms with Gasteiger partial charge >= 0.3 is 5.97 Å². The van der Waals surface area contributed by atoms with E-state index >= 15 is 0 Å². The van der Waals surface area contributed by atoms with E-state index in [0.717, 1.165) is 19.3 Å². The van der Waals surface area contributed by atoms with Gasteiger partial charge in [0, 0.05) is 12.1 Å². The van der Waals surface area contributed by atoms with Gasteiger partial charge < -0.3 is 15.8 Å². The molecule has 1 heterocycles. The van der Waals surface area contributed by atoms with Crippen LogP contribution in [0, 0.1) is 0 Å². The van der Waals surface area contributed by atoms with E-state index in [9.17, 15) is 4.79 Å². The third-order valence-corrected chi connectivity index (χ3v) is 2.93. The fourth-order valence-electron chi connectivity index (χ4n) is 2.00. The minimum absolute atomic E-state index is 0.138. The number of carbonyl (C=O) groups is 1. The van der Waals surface area contributed by atoms with Crippen molar-refractivity contribution in [2.24, 2.45) is 5.73 Å². The molecule has 3 N–H and O–H groups in total. The highest BCUT2D eigenvalue weighted by molar-refractivity contribution is 5.87. The highest BCUT2D eigenvalue weighted by Crippen LogP contribution is 2.20. The average Bonchev–Trinajstić information content (AvgIpc) is 2.74. The molecule has 17 heavy (non-hydrogen) atoms. The minimum Gasteiger partial charge on any atom is -0.464 e. The summed E-state index contributed by atoms with van der Waals surface area (Å²) in [5.41, 5.74) is 6.15. The number of esters is 1. The molecule has 0 aromatic carbocycles. The van der Waals surface area contributed by atoms with Gasteiger partial charge in [0.15, 0.2) is 5.69 Å². The van der Waals surface area contributed by atoms with Crippen molar-refractivity contribution >= 4 is 11.8 Å². The van der Waals surface area contributed by atoms with Crippen molar-refractivity contribution in [3.05, 3.63) is 18.1 Å². The Morgan fingerprint density at radius 2 is 2.35 bits per heavy atom. The molecule has 0 radical (unpaired) electrons. The van der Waals surface area contributed by atoms with Gasteiger partial charge in [-0.1, -0.05) is 0 Å². The zero-order chi connectivity index (χ0) is 12.3. The van der Waals surface area contributed by atoms with Crippen LogP contribution in [0.5, 0.6) is 0 Å². The van der Waals surface area contributed by atoms with Gasteiger partial charge in [-0.15, -0.1) is 0 Å². The molecule has 92 valence electrons. The first kappa shape index (κ1) is 11.8. The zero-order valence-electron chi connectivity index (χ0n) is 9.72. The SMILES string of the molecule is COC(=O)c1cncc(NC2CCCC2N)n1. The van der Waals surface area contributed by atoms with Crippen molar-refractivity contribution in [3.63, 3.8) is 0 Å². The molecule has 6 heteroatoms. The number of carbonyl (C=O) groups excluding carboxylic acids is 1. The molecular weight excluding hydrogens is 220 g/mol. The van der Waals surface area contributed by atoms with Crippen LogP contribution in [0.3, 0.4) is 0 Å². The number of anilines is 1. The third-order valence-electron chi connectivity index (χ3n) is 2.93. The number of nitrogens with two attached hydrogens (primary N) is 1. The summed E-state index contributed by atoms with van der Waals surface area (Å²) in [6.07, 6.45) is 6.11. The highest BCUT2D eigenvalue weighted by atomic mass is 16.5. The van der Waals surface area contributed by atoms with Gasteiger partial charge in [-0.3, -0.25) is 4.98 Å². The van der Waals surface area contributed by atoms with Crippen LogP contribution < -0.4 is 11.1 Å². The first-order valence-corrected chi connectivity index (χ1v) is 5.63. The summed E-state index contributed by atoms with van der Waals surface area (Å²) in [7, 11) is 1.32. The molecule has 2 unspecified atom stereocenters. The molecule has 1 aromatic rings. The lowest BCUT2D eigenvalue weighted by molar-refractivity contribution is 0.0593. The second-order valence-electron chi connectivity index (χ2n) is 4.13. The van der Waals surface area contributed by atoms with Crippen molar-refractivity contribution in [3.8, 4) is 0 Å². The van der Waals surface area contributed by atoms with Crippen LogP contribution in [0.2, 0.25) is 0 Å². The summed E-state index contributed by atoms with van der Waals surface area (Å²) in [6.45, 7) is 0. The van der Waals surface area contributed by atoms with Crippen molar-refractivity contribution in [1.29, 1.82) is 0 Å². The molecule has 0 spiro atoms. The van der Waals surface area contributed by atoms with Crippen molar-refractivity contribution in [2.75, 3.05) is 12.4 Å². The molecule has 1 saturated carbocycles. The van der Waals surface area contributed by atoms with Gasteiger partial charge in [0.1, 0.15) is 5.82 Å². The van der Waals surface area contributed by atoms with Crippen molar-refractivity contribution < 1.29 is 9.53 Å². The lowest BCUT2D eigenvalue weighted by Gasteiger charge is -2.17. The molecule has 1 aromatic heterocycles. The predicted octanol–water partition coefficient (Wildman–Crippen LogP) is 0.555. The number of ether oxygens (including phenoxy) is 1. The summed E-state index contributed by atoms with van der Waals surface area (Å²) >= 11 is 0. The second-order valence-corrected chi connectivity index (χ2v) is 4.13. The second kappa shape index (κ2) is 5.09. The Morgan fingerprint density at radius 3 is 3.00 bits per heavy atom. The summed E-state index contributed by atoms with van der Waals surface area (Å²) < 4.78 is 4.59. The summed E-state index contributed by atoms with van der Waals surface area (Å²) in [5, 5.41) is 3.20.